The zero-order valence-corrected chi connectivity index (χ0v) is 15.9. The van der Waals surface area contributed by atoms with Gasteiger partial charge in [0, 0.05) is 12.6 Å². The molecular formula is C18H28N2O3S. The topological polar surface area (TPSA) is 57.7 Å². The van der Waals surface area contributed by atoms with E-state index in [0.29, 0.717) is 5.69 Å². The molecule has 1 heterocycles. The minimum Gasteiger partial charge on any atom is -0.338 e. The second-order valence-corrected chi connectivity index (χ2v) is 8.61. The number of likely N-dealkylation sites (tertiary alicyclic amines) is 1. The molecule has 1 aliphatic heterocycles. The first-order chi connectivity index (χ1) is 11.2. The number of rotatable bonds is 5. The van der Waals surface area contributed by atoms with Crippen LogP contribution in [0.25, 0.3) is 0 Å². The maximum absolute atomic E-state index is 12.8. The Kier molecular flexibility index (Phi) is 5.91. The van der Waals surface area contributed by atoms with Crippen LogP contribution in [0.5, 0.6) is 0 Å². The molecule has 1 fully saturated rings. The monoisotopic (exact) mass is 352 g/mol. The van der Waals surface area contributed by atoms with Gasteiger partial charge in [0.25, 0.3) is 0 Å². The predicted octanol–water partition coefficient (Wildman–Crippen LogP) is 2.86. The van der Waals surface area contributed by atoms with E-state index in [1.807, 2.05) is 36.9 Å². The highest BCUT2D eigenvalue weighted by Crippen LogP contribution is 2.25. The van der Waals surface area contributed by atoms with Crippen LogP contribution in [0.2, 0.25) is 0 Å². The fraction of sp³-hybridized carbons (Fsp3) is 0.611. The van der Waals surface area contributed by atoms with E-state index in [4.69, 9.17) is 0 Å². The van der Waals surface area contributed by atoms with E-state index in [1.165, 1.54) is 4.31 Å². The lowest BCUT2D eigenvalue weighted by molar-refractivity contribution is -0.133. The van der Waals surface area contributed by atoms with E-state index in [0.717, 1.165) is 49.6 Å². The van der Waals surface area contributed by atoms with E-state index in [9.17, 15) is 13.2 Å². The SMILES string of the molecule is CCC1CCCCN1C(=O)CN(c1cc(C)ccc1C)S(C)(=O)=O. The van der Waals surface area contributed by atoms with Gasteiger partial charge in [-0.1, -0.05) is 19.1 Å². The van der Waals surface area contributed by atoms with Crippen LogP contribution in [0.1, 0.15) is 43.7 Å². The average Bonchev–Trinajstić information content (AvgIpc) is 2.53. The third kappa shape index (κ3) is 4.29. The summed E-state index contributed by atoms with van der Waals surface area (Å²) < 4.78 is 25.9. The summed E-state index contributed by atoms with van der Waals surface area (Å²) in [6, 6.07) is 5.89. The Morgan fingerprint density at radius 2 is 2.00 bits per heavy atom. The first-order valence-corrected chi connectivity index (χ1v) is 10.4. The lowest BCUT2D eigenvalue weighted by atomic mass is 10.00. The van der Waals surface area contributed by atoms with Gasteiger partial charge in [0.2, 0.25) is 15.9 Å². The molecule has 0 aliphatic carbocycles. The van der Waals surface area contributed by atoms with Crippen molar-refractivity contribution in [2.24, 2.45) is 0 Å². The molecule has 0 spiro atoms. The van der Waals surface area contributed by atoms with Gasteiger partial charge in [0.1, 0.15) is 6.54 Å². The number of anilines is 1. The summed E-state index contributed by atoms with van der Waals surface area (Å²) in [5.41, 5.74) is 2.42. The van der Waals surface area contributed by atoms with Gasteiger partial charge < -0.3 is 4.90 Å². The molecule has 0 saturated carbocycles. The van der Waals surface area contributed by atoms with Crippen LogP contribution < -0.4 is 4.31 Å². The third-order valence-corrected chi connectivity index (χ3v) is 5.86. The van der Waals surface area contributed by atoms with Crippen LogP contribution in [-0.4, -0.2) is 44.6 Å². The summed E-state index contributed by atoms with van der Waals surface area (Å²) in [7, 11) is -3.53. The van der Waals surface area contributed by atoms with Gasteiger partial charge in [0.05, 0.1) is 11.9 Å². The minimum atomic E-state index is -3.53. The summed E-state index contributed by atoms with van der Waals surface area (Å²) >= 11 is 0. The van der Waals surface area contributed by atoms with Crippen LogP contribution in [0.3, 0.4) is 0 Å². The number of piperidine rings is 1. The zero-order valence-electron chi connectivity index (χ0n) is 15.1. The molecule has 1 aromatic carbocycles. The Hall–Kier alpha value is -1.56. The predicted molar refractivity (Wildman–Crippen MR) is 97.7 cm³/mol. The number of amides is 1. The molecule has 1 unspecified atom stereocenters. The first kappa shape index (κ1) is 18.8. The highest BCUT2D eigenvalue weighted by Gasteiger charge is 2.29. The molecule has 0 aromatic heterocycles. The average molecular weight is 353 g/mol. The van der Waals surface area contributed by atoms with Gasteiger partial charge in [-0.15, -0.1) is 0 Å². The molecule has 2 rings (SSSR count). The van der Waals surface area contributed by atoms with Crippen molar-refractivity contribution in [3.05, 3.63) is 29.3 Å². The van der Waals surface area contributed by atoms with Crippen LogP contribution >= 0.6 is 0 Å². The molecule has 0 bridgehead atoms. The summed E-state index contributed by atoms with van der Waals surface area (Å²) in [5, 5.41) is 0. The van der Waals surface area contributed by atoms with Crippen molar-refractivity contribution in [3.8, 4) is 0 Å². The van der Waals surface area contributed by atoms with Gasteiger partial charge in [-0.05, 0) is 56.7 Å². The number of sulfonamides is 1. The quantitative estimate of drug-likeness (QED) is 0.819. The zero-order chi connectivity index (χ0) is 17.9. The molecule has 0 radical (unpaired) electrons. The Morgan fingerprint density at radius 1 is 1.29 bits per heavy atom. The van der Waals surface area contributed by atoms with Crippen molar-refractivity contribution in [3.63, 3.8) is 0 Å². The molecule has 1 aromatic rings. The Labute approximate surface area is 145 Å². The second-order valence-electron chi connectivity index (χ2n) is 6.70. The normalized spacial score (nSPS) is 18.5. The standard InChI is InChI=1S/C18H28N2O3S/c1-5-16-8-6-7-11-19(16)18(21)13-20(24(4,22)23)17-12-14(2)9-10-15(17)3/h9-10,12,16H,5-8,11,13H2,1-4H3. The molecule has 1 saturated heterocycles. The fourth-order valence-corrected chi connectivity index (χ4v) is 4.24. The van der Waals surface area contributed by atoms with Gasteiger partial charge >= 0.3 is 0 Å². The van der Waals surface area contributed by atoms with Crippen LogP contribution in [0.15, 0.2) is 18.2 Å². The molecule has 24 heavy (non-hydrogen) atoms. The molecule has 1 atom stereocenters. The van der Waals surface area contributed by atoms with Crippen LogP contribution in [0, 0.1) is 13.8 Å². The Bertz CT molecular complexity index is 700. The van der Waals surface area contributed by atoms with Gasteiger partial charge in [0.15, 0.2) is 0 Å². The molecule has 0 N–H and O–H groups in total. The molecule has 1 aliphatic rings. The Morgan fingerprint density at radius 3 is 2.62 bits per heavy atom. The molecular weight excluding hydrogens is 324 g/mol. The molecule has 6 heteroatoms. The summed E-state index contributed by atoms with van der Waals surface area (Å²) in [6.45, 7) is 6.47. The number of hydrogen-bond acceptors (Lipinski definition) is 3. The van der Waals surface area contributed by atoms with Crippen molar-refractivity contribution in [1.29, 1.82) is 0 Å². The third-order valence-electron chi connectivity index (χ3n) is 4.73. The van der Waals surface area contributed by atoms with Crippen LogP contribution in [-0.2, 0) is 14.8 Å². The maximum atomic E-state index is 12.8. The highest BCUT2D eigenvalue weighted by molar-refractivity contribution is 7.92. The smallest absolute Gasteiger partial charge is 0.243 e. The molecule has 1 amide bonds. The largest absolute Gasteiger partial charge is 0.338 e. The number of hydrogen-bond donors (Lipinski definition) is 0. The maximum Gasteiger partial charge on any atom is 0.243 e. The van der Waals surface area contributed by atoms with Gasteiger partial charge in [-0.2, -0.15) is 0 Å². The number of carbonyl (C=O) groups excluding carboxylic acids is 1. The van der Waals surface area contributed by atoms with Crippen molar-refractivity contribution in [2.75, 3.05) is 23.7 Å². The molecule has 134 valence electrons. The highest BCUT2D eigenvalue weighted by atomic mass is 32.2. The van der Waals surface area contributed by atoms with Crippen molar-refractivity contribution < 1.29 is 13.2 Å². The number of carbonyl (C=O) groups is 1. The van der Waals surface area contributed by atoms with E-state index < -0.39 is 10.0 Å². The molecule has 5 nitrogen and oxygen atoms in total. The summed E-state index contributed by atoms with van der Waals surface area (Å²) in [5.74, 6) is -0.104. The minimum absolute atomic E-state index is 0.104. The number of nitrogens with zero attached hydrogens (tertiary/aromatic N) is 2. The van der Waals surface area contributed by atoms with E-state index >= 15 is 0 Å². The van der Waals surface area contributed by atoms with Crippen molar-refractivity contribution in [2.45, 2.75) is 52.5 Å². The van der Waals surface area contributed by atoms with Crippen molar-refractivity contribution >= 4 is 21.6 Å². The lowest BCUT2D eigenvalue weighted by Crippen LogP contribution is -2.49. The second kappa shape index (κ2) is 7.55. The Balaban J connectivity index is 2.30. The summed E-state index contributed by atoms with van der Waals surface area (Å²) in [6.07, 6.45) is 5.20. The van der Waals surface area contributed by atoms with Crippen LogP contribution in [0.4, 0.5) is 5.69 Å². The number of benzene rings is 1. The summed E-state index contributed by atoms with van der Waals surface area (Å²) in [4.78, 5) is 14.7. The van der Waals surface area contributed by atoms with E-state index in [1.54, 1.807) is 0 Å². The van der Waals surface area contributed by atoms with E-state index in [-0.39, 0.29) is 18.5 Å². The van der Waals surface area contributed by atoms with E-state index in [2.05, 4.69) is 6.92 Å². The van der Waals surface area contributed by atoms with Crippen molar-refractivity contribution in [1.82, 2.24) is 4.90 Å². The fourth-order valence-electron chi connectivity index (χ4n) is 3.34. The lowest BCUT2D eigenvalue weighted by Gasteiger charge is -2.36. The number of aryl methyl sites for hydroxylation is 2. The van der Waals surface area contributed by atoms with Gasteiger partial charge in [-0.3, -0.25) is 9.10 Å². The first-order valence-electron chi connectivity index (χ1n) is 8.58. The van der Waals surface area contributed by atoms with Gasteiger partial charge in [-0.25, -0.2) is 8.42 Å².